The SMILES string of the molecule is CC1CCCCN1Cc1c(O)ccc2c1O/C(=C\c1cccc(Cl)c1)C2=O. The fraction of sp³-hybridized carbons (Fsp3) is 0.318. The maximum absolute atomic E-state index is 12.8. The van der Waals surface area contributed by atoms with E-state index in [0.717, 1.165) is 24.9 Å². The van der Waals surface area contributed by atoms with Crippen molar-refractivity contribution in [3.05, 3.63) is 63.9 Å². The summed E-state index contributed by atoms with van der Waals surface area (Å²) in [5.41, 5.74) is 1.99. The number of nitrogens with zero attached hydrogens (tertiary/aromatic N) is 1. The van der Waals surface area contributed by atoms with E-state index in [-0.39, 0.29) is 17.3 Å². The Kier molecular flexibility index (Phi) is 4.94. The van der Waals surface area contributed by atoms with Gasteiger partial charge in [0.05, 0.1) is 11.1 Å². The molecule has 1 fully saturated rings. The van der Waals surface area contributed by atoms with Crippen LogP contribution in [0.25, 0.3) is 6.08 Å². The summed E-state index contributed by atoms with van der Waals surface area (Å²) >= 11 is 6.03. The van der Waals surface area contributed by atoms with Gasteiger partial charge in [-0.3, -0.25) is 9.69 Å². The zero-order valence-corrected chi connectivity index (χ0v) is 16.0. The number of hydrogen-bond acceptors (Lipinski definition) is 4. The Bertz CT molecular complexity index is 922. The summed E-state index contributed by atoms with van der Waals surface area (Å²) in [5.74, 6) is 0.734. The van der Waals surface area contributed by atoms with Crippen LogP contribution in [0.4, 0.5) is 0 Å². The number of phenols is 1. The first-order chi connectivity index (χ1) is 13.0. The zero-order chi connectivity index (χ0) is 19.0. The lowest BCUT2D eigenvalue weighted by molar-refractivity contribution is 0.101. The summed E-state index contributed by atoms with van der Waals surface area (Å²) < 4.78 is 5.93. The average molecular weight is 384 g/mol. The number of ether oxygens (including phenoxy) is 1. The molecular weight excluding hydrogens is 362 g/mol. The lowest BCUT2D eigenvalue weighted by atomic mass is 10.0. The van der Waals surface area contributed by atoms with Gasteiger partial charge < -0.3 is 9.84 Å². The van der Waals surface area contributed by atoms with Gasteiger partial charge in [0, 0.05) is 17.6 Å². The van der Waals surface area contributed by atoms with Gasteiger partial charge in [-0.25, -0.2) is 0 Å². The van der Waals surface area contributed by atoms with Crippen molar-refractivity contribution in [1.29, 1.82) is 0 Å². The van der Waals surface area contributed by atoms with E-state index in [1.807, 2.05) is 12.1 Å². The van der Waals surface area contributed by atoms with Crippen LogP contribution < -0.4 is 4.74 Å². The monoisotopic (exact) mass is 383 g/mol. The molecule has 1 atom stereocenters. The van der Waals surface area contributed by atoms with Crippen LogP contribution in [-0.2, 0) is 6.54 Å². The number of phenolic OH excluding ortho intramolecular Hbond substituents is 1. The molecule has 2 aromatic carbocycles. The van der Waals surface area contributed by atoms with Crippen molar-refractivity contribution >= 4 is 23.5 Å². The molecule has 0 aromatic heterocycles. The Balaban J connectivity index is 1.66. The predicted octanol–water partition coefficient (Wildman–Crippen LogP) is 5.04. The van der Waals surface area contributed by atoms with Crippen LogP contribution in [0.5, 0.6) is 11.5 Å². The number of likely N-dealkylation sites (tertiary alicyclic amines) is 1. The first-order valence-electron chi connectivity index (χ1n) is 9.31. The highest BCUT2D eigenvalue weighted by Crippen LogP contribution is 2.40. The number of carbonyl (C=O) groups is 1. The predicted molar refractivity (Wildman–Crippen MR) is 106 cm³/mol. The number of fused-ring (bicyclic) bond motifs is 1. The van der Waals surface area contributed by atoms with Gasteiger partial charge in [-0.15, -0.1) is 0 Å². The van der Waals surface area contributed by atoms with E-state index in [2.05, 4.69) is 11.8 Å². The summed E-state index contributed by atoms with van der Waals surface area (Å²) in [6, 6.07) is 10.9. The number of rotatable bonds is 3. The van der Waals surface area contributed by atoms with Gasteiger partial charge in [-0.1, -0.05) is 30.2 Å². The van der Waals surface area contributed by atoms with Crippen molar-refractivity contribution in [2.75, 3.05) is 6.54 Å². The molecule has 5 heteroatoms. The minimum atomic E-state index is -0.169. The molecule has 27 heavy (non-hydrogen) atoms. The van der Waals surface area contributed by atoms with Crippen LogP contribution in [0.3, 0.4) is 0 Å². The van der Waals surface area contributed by atoms with Crippen LogP contribution >= 0.6 is 11.6 Å². The smallest absolute Gasteiger partial charge is 0.231 e. The summed E-state index contributed by atoms with van der Waals surface area (Å²) in [6.07, 6.45) is 5.23. The van der Waals surface area contributed by atoms with Crippen molar-refractivity contribution in [3.63, 3.8) is 0 Å². The molecule has 0 aliphatic carbocycles. The normalized spacial score (nSPS) is 21.3. The Morgan fingerprint density at radius 1 is 1.30 bits per heavy atom. The van der Waals surface area contributed by atoms with E-state index in [4.69, 9.17) is 16.3 Å². The highest BCUT2D eigenvalue weighted by Gasteiger charge is 2.32. The number of aromatic hydroxyl groups is 1. The largest absolute Gasteiger partial charge is 0.507 e. The van der Waals surface area contributed by atoms with Crippen LogP contribution in [-0.4, -0.2) is 28.4 Å². The Morgan fingerprint density at radius 2 is 2.15 bits per heavy atom. The number of carbonyl (C=O) groups excluding carboxylic acids is 1. The first kappa shape index (κ1) is 18.1. The molecule has 2 heterocycles. The third-order valence-electron chi connectivity index (χ3n) is 5.36. The number of piperidine rings is 1. The molecule has 0 saturated carbocycles. The third-order valence-corrected chi connectivity index (χ3v) is 5.60. The molecule has 4 nitrogen and oxygen atoms in total. The van der Waals surface area contributed by atoms with Crippen molar-refractivity contribution < 1.29 is 14.6 Å². The Labute approximate surface area is 164 Å². The second-order valence-electron chi connectivity index (χ2n) is 7.25. The van der Waals surface area contributed by atoms with Crippen molar-refractivity contribution in [2.45, 2.75) is 38.8 Å². The molecule has 0 bridgehead atoms. The fourth-order valence-electron chi connectivity index (χ4n) is 3.79. The number of allylic oxidation sites excluding steroid dienone is 1. The summed E-state index contributed by atoms with van der Waals surface area (Å²) in [7, 11) is 0. The molecule has 140 valence electrons. The maximum atomic E-state index is 12.8. The zero-order valence-electron chi connectivity index (χ0n) is 15.2. The summed E-state index contributed by atoms with van der Waals surface area (Å²) in [5, 5.41) is 11.0. The summed E-state index contributed by atoms with van der Waals surface area (Å²) in [6.45, 7) is 3.77. The quantitative estimate of drug-likeness (QED) is 0.754. The van der Waals surface area contributed by atoms with Gasteiger partial charge >= 0.3 is 0 Å². The number of hydrogen-bond donors (Lipinski definition) is 1. The maximum Gasteiger partial charge on any atom is 0.231 e. The molecule has 0 amide bonds. The fourth-order valence-corrected chi connectivity index (χ4v) is 3.99. The molecule has 0 radical (unpaired) electrons. The van der Waals surface area contributed by atoms with Gasteiger partial charge in [-0.05, 0) is 62.2 Å². The van der Waals surface area contributed by atoms with Crippen LogP contribution in [0.2, 0.25) is 5.02 Å². The molecule has 2 aliphatic rings. The number of Topliss-reactive ketones (excluding diaryl/α,β-unsaturated/α-hetero) is 1. The molecule has 1 saturated heterocycles. The summed E-state index contributed by atoms with van der Waals surface area (Å²) in [4.78, 5) is 15.1. The molecule has 2 aromatic rings. The van der Waals surface area contributed by atoms with E-state index in [9.17, 15) is 9.90 Å². The minimum absolute atomic E-state index is 0.169. The molecule has 1 N–H and O–H groups in total. The number of halogens is 1. The molecule has 2 aliphatic heterocycles. The van der Waals surface area contributed by atoms with E-state index >= 15 is 0 Å². The van der Waals surface area contributed by atoms with Gasteiger partial charge in [0.15, 0.2) is 5.76 Å². The second kappa shape index (κ2) is 7.37. The average Bonchev–Trinajstić information content (AvgIpc) is 2.95. The van der Waals surface area contributed by atoms with E-state index in [1.54, 1.807) is 30.3 Å². The van der Waals surface area contributed by atoms with Gasteiger partial charge in [0.2, 0.25) is 5.78 Å². The van der Waals surface area contributed by atoms with Gasteiger partial charge in [0.25, 0.3) is 0 Å². The van der Waals surface area contributed by atoms with Crippen molar-refractivity contribution in [2.24, 2.45) is 0 Å². The van der Waals surface area contributed by atoms with Gasteiger partial charge in [-0.2, -0.15) is 0 Å². The molecule has 0 spiro atoms. The van der Waals surface area contributed by atoms with E-state index < -0.39 is 0 Å². The van der Waals surface area contributed by atoms with E-state index in [0.29, 0.717) is 34.5 Å². The molecule has 1 unspecified atom stereocenters. The van der Waals surface area contributed by atoms with Crippen LogP contribution in [0, 0.1) is 0 Å². The second-order valence-corrected chi connectivity index (χ2v) is 7.69. The molecule has 4 rings (SSSR count). The Morgan fingerprint density at radius 3 is 2.93 bits per heavy atom. The molecular formula is C22H22ClNO3. The lowest BCUT2D eigenvalue weighted by Crippen LogP contribution is -2.36. The van der Waals surface area contributed by atoms with Crippen molar-refractivity contribution in [1.82, 2.24) is 4.90 Å². The van der Waals surface area contributed by atoms with Crippen LogP contribution in [0.1, 0.15) is 47.7 Å². The highest BCUT2D eigenvalue weighted by molar-refractivity contribution is 6.30. The topological polar surface area (TPSA) is 49.8 Å². The minimum Gasteiger partial charge on any atom is -0.507 e. The first-order valence-corrected chi connectivity index (χ1v) is 9.69. The standard InChI is InChI=1S/C22H22ClNO3/c1-14-5-2-3-10-24(14)13-18-19(25)9-8-17-21(26)20(27-22(17)18)12-15-6-4-7-16(23)11-15/h4,6-9,11-12,14,25H,2-3,5,10,13H2,1H3/b20-12-. The number of ketones is 1. The Hall–Kier alpha value is -2.30. The highest BCUT2D eigenvalue weighted by atomic mass is 35.5. The lowest BCUT2D eigenvalue weighted by Gasteiger charge is -2.33. The van der Waals surface area contributed by atoms with E-state index in [1.165, 1.54) is 6.42 Å². The van der Waals surface area contributed by atoms with Crippen molar-refractivity contribution in [3.8, 4) is 11.5 Å². The number of benzene rings is 2. The third kappa shape index (κ3) is 3.60. The van der Waals surface area contributed by atoms with Crippen LogP contribution in [0.15, 0.2) is 42.2 Å². The van der Waals surface area contributed by atoms with Gasteiger partial charge in [0.1, 0.15) is 11.5 Å².